The molecule has 5 nitrogen and oxygen atoms in total. The van der Waals surface area contributed by atoms with Crippen molar-refractivity contribution in [2.45, 2.75) is 31.1 Å². The first kappa shape index (κ1) is 19.5. The molecule has 1 saturated heterocycles. The van der Waals surface area contributed by atoms with Gasteiger partial charge in [-0.1, -0.05) is 6.07 Å². The van der Waals surface area contributed by atoms with E-state index in [1.54, 1.807) is 0 Å². The van der Waals surface area contributed by atoms with Crippen molar-refractivity contribution in [1.29, 1.82) is 0 Å². The molecule has 1 atom stereocenters. The third kappa shape index (κ3) is 5.61. The van der Waals surface area contributed by atoms with Crippen molar-refractivity contribution in [3.8, 4) is 11.5 Å². The van der Waals surface area contributed by atoms with E-state index in [4.69, 9.17) is 9.47 Å². The van der Waals surface area contributed by atoms with Crippen molar-refractivity contribution in [1.82, 2.24) is 10.6 Å². The highest BCUT2D eigenvalue weighted by Gasteiger charge is 2.15. The zero-order valence-corrected chi connectivity index (χ0v) is 17.2. The SMILES string of the molecule is CN=C(NCc1ccc2c(c1)OCCCO2)NCC1CCCS1.I. The number of aliphatic imine (C=N–C) groups is 1. The van der Waals surface area contributed by atoms with E-state index < -0.39 is 0 Å². The quantitative estimate of drug-likeness (QED) is 0.409. The number of ether oxygens (including phenoxy) is 2. The predicted molar refractivity (Wildman–Crippen MR) is 111 cm³/mol. The van der Waals surface area contributed by atoms with Gasteiger partial charge in [0.25, 0.3) is 0 Å². The van der Waals surface area contributed by atoms with Gasteiger partial charge < -0.3 is 20.1 Å². The van der Waals surface area contributed by atoms with Crippen LogP contribution in [0.15, 0.2) is 23.2 Å². The summed E-state index contributed by atoms with van der Waals surface area (Å²) in [4.78, 5) is 4.30. The Morgan fingerprint density at radius 2 is 2.04 bits per heavy atom. The maximum Gasteiger partial charge on any atom is 0.191 e. The molecule has 2 N–H and O–H groups in total. The van der Waals surface area contributed by atoms with Gasteiger partial charge in [-0.15, -0.1) is 24.0 Å². The molecule has 24 heavy (non-hydrogen) atoms. The maximum absolute atomic E-state index is 5.74. The Morgan fingerprint density at radius 1 is 1.21 bits per heavy atom. The molecule has 0 radical (unpaired) electrons. The first-order chi connectivity index (χ1) is 11.3. The van der Waals surface area contributed by atoms with Crippen LogP contribution in [0.5, 0.6) is 11.5 Å². The number of hydrogen-bond acceptors (Lipinski definition) is 4. The van der Waals surface area contributed by atoms with E-state index in [-0.39, 0.29) is 24.0 Å². The van der Waals surface area contributed by atoms with E-state index in [1.807, 2.05) is 19.2 Å². The average molecular weight is 463 g/mol. The van der Waals surface area contributed by atoms with Crippen LogP contribution >= 0.6 is 35.7 Å². The molecule has 7 heteroatoms. The van der Waals surface area contributed by atoms with Crippen molar-refractivity contribution >= 4 is 41.7 Å². The lowest BCUT2D eigenvalue weighted by Gasteiger charge is -2.15. The van der Waals surface area contributed by atoms with Gasteiger partial charge in [0.15, 0.2) is 17.5 Å². The third-order valence-electron chi connectivity index (χ3n) is 4.02. The number of fused-ring (bicyclic) bond motifs is 1. The summed E-state index contributed by atoms with van der Waals surface area (Å²) in [5.41, 5.74) is 1.16. The zero-order chi connectivity index (χ0) is 15.9. The van der Waals surface area contributed by atoms with Crippen molar-refractivity contribution in [2.24, 2.45) is 4.99 Å². The molecule has 0 amide bonds. The largest absolute Gasteiger partial charge is 0.490 e. The van der Waals surface area contributed by atoms with Gasteiger partial charge >= 0.3 is 0 Å². The molecule has 0 spiro atoms. The Hall–Kier alpha value is -0.830. The standard InChI is InChI=1S/C17H25N3O2S.HI/c1-18-17(20-12-14-4-2-9-23-14)19-11-13-5-6-15-16(10-13)22-8-3-7-21-15;/h5-6,10,14H,2-4,7-9,11-12H2,1H3,(H2,18,19,20);1H. The Kier molecular flexibility index (Phi) is 8.31. The van der Waals surface area contributed by atoms with Gasteiger partial charge in [-0.3, -0.25) is 4.99 Å². The molecule has 0 bridgehead atoms. The van der Waals surface area contributed by atoms with Crippen LogP contribution in [-0.4, -0.2) is 43.8 Å². The highest BCUT2D eigenvalue weighted by molar-refractivity contribution is 14.0. The van der Waals surface area contributed by atoms with Crippen LogP contribution in [-0.2, 0) is 6.54 Å². The number of hydrogen-bond donors (Lipinski definition) is 2. The van der Waals surface area contributed by atoms with Crippen LogP contribution < -0.4 is 20.1 Å². The third-order valence-corrected chi connectivity index (χ3v) is 5.41. The molecule has 2 aliphatic rings. The van der Waals surface area contributed by atoms with E-state index in [2.05, 4.69) is 33.5 Å². The minimum atomic E-state index is 0. The lowest BCUT2D eigenvalue weighted by atomic mass is 10.2. The number of halogens is 1. The minimum Gasteiger partial charge on any atom is -0.490 e. The molecule has 0 aromatic heterocycles. The molecule has 1 fully saturated rings. The van der Waals surface area contributed by atoms with Crippen molar-refractivity contribution < 1.29 is 9.47 Å². The van der Waals surface area contributed by atoms with Crippen LogP contribution in [0.3, 0.4) is 0 Å². The predicted octanol–water partition coefficient (Wildman–Crippen LogP) is 3.03. The number of nitrogens with one attached hydrogen (secondary N) is 2. The zero-order valence-electron chi connectivity index (χ0n) is 14.0. The van der Waals surface area contributed by atoms with Crippen molar-refractivity contribution in [3.05, 3.63) is 23.8 Å². The van der Waals surface area contributed by atoms with E-state index >= 15 is 0 Å². The van der Waals surface area contributed by atoms with Gasteiger partial charge in [-0.05, 0) is 36.3 Å². The van der Waals surface area contributed by atoms with Gasteiger partial charge in [0.2, 0.25) is 0 Å². The highest BCUT2D eigenvalue weighted by Crippen LogP contribution is 2.30. The second-order valence-corrected chi connectivity index (χ2v) is 7.18. The molecule has 0 aliphatic carbocycles. The van der Waals surface area contributed by atoms with E-state index in [1.165, 1.54) is 18.6 Å². The first-order valence-corrected chi connectivity index (χ1v) is 9.34. The summed E-state index contributed by atoms with van der Waals surface area (Å²) in [7, 11) is 1.81. The average Bonchev–Trinajstić information content (AvgIpc) is 2.99. The van der Waals surface area contributed by atoms with Gasteiger partial charge in [-0.25, -0.2) is 0 Å². The molecule has 1 aromatic carbocycles. The maximum atomic E-state index is 5.74. The lowest BCUT2D eigenvalue weighted by molar-refractivity contribution is 0.297. The van der Waals surface area contributed by atoms with E-state index in [9.17, 15) is 0 Å². The fraction of sp³-hybridized carbons (Fsp3) is 0.588. The van der Waals surface area contributed by atoms with E-state index in [0.717, 1.165) is 42.6 Å². The number of nitrogens with zero attached hydrogens (tertiary/aromatic N) is 1. The number of guanidine groups is 1. The molecule has 2 heterocycles. The molecule has 1 aromatic rings. The smallest absolute Gasteiger partial charge is 0.191 e. The fourth-order valence-electron chi connectivity index (χ4n) is 2.74. The molecular weight excluding hydrogens is 437 g/mol. The molecule has 1 unspecified atom stereocenters. The highest BCUT2D eigenvalue weighted by atomic mass is 127. The van der Waals surface area contributed by atoms with Gasteiger partial charge in [-0.2, -0.15) is 11.8 Å². The Morgan fingerprint density at radius 3 is 2.79 bits per heavy atom. The Labute approximate surface area is 165 Å². The van der Waals surface area contributed by atoms with E-state index in [0.29, 0.717) is 18.4 Å². The molecule has 3 rings (SSSR count). The summed E-state index contributed by atoms with van der Waals surface area (Å²) in [5.74, 6) is 3.82. The van der Waals surface area contributed by atoms with Gasteiger partial charge in [0.05, 0.1) is 13.2 Å². The van der Waals surface area contributed by atoms with Crippen LogP contribution in [0.4, 0.5) is 0 Å². The summed E-state index contributed by atoms with van der Waals surface area (Å²) in [6.45, 7) is 3.13. The monoisotopic (exact) mass is 463 g/mol. The second kappa shape index (κ2) is 10.2. The summed E-state index contributed by atoms with van der Waals surface area (Å²) in [5, 5.41) is 7.50. The summed E-state index contributed by atoms with van der Waals surface area (Å²) in [6.07, 6.45) is 3.56. The van der Waals surface area contributed by atoms with Crippen LogP contribution in [0, 0.1) is 0 Å². The van der Waals surface area contributed by atoms with Gasteiger partial charge in [0, 0.05) is 31.8 Å². The fourth-order valence-corrected chi connectivity index (χ4v) is 3.94. The normalized spacial score (nSPS) is 20.0. The molecule has 0 saturated carbocycles. The second-order valence-electron chi connectivity index (χ2n) is 5.77. The minimum absolute atomic E-state index is 0. The number of rotatable bonds is 4. The van der Waals surface area contributed by atoms with Crippen LogP contribution in [0.1, 0.15) is 24.8 Å². The van der Waals surface area contributed by atoms with Crippen molar-refractivity contribution in [2.75, 3.05) is 32.6 Å². The Balaban J connectivity index is 0.00000208. The summed E-state index contributed by atoms with van der Waals surface area (Å²) in [6, 6.07) is 6.11. The molecule has 134 valence electrons. The first-order valence-electron chi connectivity index (χ1n) is 8.30. The van der Waals surface area contributed by atoms with Crippen LogP contribution in [0.2, 0.25) is 0 Å². The van der Waals surface area contributed by atoms with Crippen LogP contribution in [0.25, 0.3) is 0 Å². The molecule has 2 aliphatic heterocycles. The van der Waals surface area contributed by atoms with Crippen molar-refractivity contribution in [3.63, 3.8) is 0 Å². The summed E-state index contributed by atoms with van der Waals surface area (Å²) >= 11 is 2.05. The Bertz CT molecular complexity index is 551. The number of thioether (sulfide) groups is 1. The molecular formula is C17H26IN3O2S. The number of benzene rings is 1. The summed E-state index contributed by atoms with van der Waals surface area (Å²) < 4.78 is 11.4. The van der Waals surface area contributed by atoms with Gasteiger partial charge in [0.1, 0.15) is 0 Å². The lowest BCUT2D eigenvalue weighted by Crippen LogP contribution is -2.39. The topological polar surface area (TPSA) is 54.9 Å².